The molecule has 3 aromatic carbocycles. The molecule has 7 heteroatoms. The molecule has 148 valence electrons. The number of benzene rings is 3. The lowest BCUT2D eigenvalue weighted by molar-refractivity contribution is -0.115. The Labute approximate surface area is 181 Å². The van der Waals surface area contributed by atoms with Crippen LogP contribution in [0, 0.1) is 6.92 Å². The third-order valence-electron chi connectivity index (χ3n) is 4.82. The van der Waals surface area contributed by atoms with E-state index in [-0.39, 0.29) is 12.3 Å². The maximum Gasteiger partial charge on any atom is 0.229 e. The van der Waals surface area contributed by atoms with Crippen molar-refractivity contribution in [3.8, 4) is 5.13 Å². The molecule has 0 saturated heterocycles. The molecule has 0 unspecified atom stereocenters. The Kier molecular flexibility index (Phi) is 4.73. The third kappa shape index (κ3) is 3.56. The molecule has 0 fully saturated rings. The van der Waals surface area contributed by atoms with Crippen molar-refractivity contribution in [3.63, 3.8) is 0 Å². The summed E-state index contributed by atoms with van der Waals surface area (Å²) in [6, 6.07) is 21.7. The zero-order valence-corrected chi connectivity index (χ0v) is 17.7. The highest BCUT2D eigenvalue weighted by atomic mass is 35.5. The lowest BCUT2D eigenvalue weighted by Gasteiger charge is -2.07. The van der Waals surface area contributed by atoms with Gasteiger partial charge in [-0.15, -0.1) is 0 Å². The summed E-state index contributed by atoms with van der Waals surface area (Å²) >= 11 is 7.74. The summed E-state index contributed by atoms with van der Waals surface area (Å²) in [6.07, 6.45) is 0.279. The van der Waals surface area contributed by atoms with E-state index in [1.54, 1.807) is 4.68 Å². The standard InChI is InChI=1S/C23H17ClN4OS/c1-14-11-20(28(27-14)23-26-22-18(24)7-4-8-19(22)30-23)25-21(29)13-15-9-10-16-5-2-3-6-17(16)12-15/h2-12H,13H2,1H3,(H,25,29). The minimum Gasteiger partial charge on any atom is -0.310 e. The molecule has 0 spiro atoms. The quantitative estimate of drug-likeness (QED) is 0.391. The number of anilines is 1. The number of aromatic nitrogens is 3. The first kappa shape index (κ1) is 18.8. The van der Waals surface area contributed by atoms with Gasteiger partial charge in [-0.05, 0) is 35.4 Å². The topological polar surface area (TPSA) is 59.8 Å². The van der Waals surface area contributed by atoms with Crippen LogP contribution in [0.3, 0.4) is 0 Å². The lowest BCUT2D eigenvalue weighted by atomic mass is 10.1. The number of aryl methyl sites for hydroxylation is 1. The SMILES string of the molecule is Cc1cc(NC(=O)Cc2ccc3ccccc3c2)n(-c2nc3c(Cl)cccc3s2)n1. The molecule has 0 bridgehead atoms. The maximum absolute atomic E-state index is 12.7. The molecular weight excluding hydrogens is 416 g/mol. The number of nitrogens with zero attached hydrogens (tertiary/aromatic N) is 3. The molecule has 0 aliphatic heterocycles. The number of carbonyl (C=O) groups excluding carboxylic acids is 1. The van der Waals surface area contributed by atoms with Crippen molar-refractivity contribution in [1.82, 2.24) is 14.8 Å². The zero-order chi connectivity index (χ0) is 20.7. The summed E-state index contributed by atoms with van der Waals surface area (Å²) in [4.78, 5) is 17.4. The molecule has 5 nitrogen and oxygen atoms in total. The number of nitrogens with one attached hydrogen (secondary N) is 1. The van der Waals surface area contributed by atoms with Crippen molar-refractivity contribution in [2.24, 2.45) is 0 Å². The molecule has 0 saturated carbocycles. The molecule has 1 amide bonds. The highest BCUT2D eigenvalue weighted by Crippen LogP contribution is 2.31. The van der Waals surface area contributed by atoms with Crippen LogP contribution >= 0.6 is 22.9 Å². The molecule has 0 aliphatic rings. The van der Waals surface area contributed by atoms with Crippen molar-refractivity contribution < 1.29 is 4.79 Å². The Morgan fingerprint density at radius 3 is 2.73 bits per heavy atom. The number of fused-ring (bicyclic) bond motifs is 2. The van der Waals surface area contributed by atoms with E-state index in [1.807, 2.05) is 67.6 Å². The van der Waals surface area contributed by atoms with Gasteiger partial charge in [0.1, 0.15) is 11.3 Å². The second-order valence-corrected chi connectivity index (χ2v) is 8.49. The molecular formula is C23H17ClN4OS. The average molecular weight is 433 g/mol. The molecule has 2 aromatic heterocycles. The summed E-state index contributed by atoms with van der Waals surface area (Å²) in [7, 11) is 0. The number of para-hydroxylation sites is 1. The van der Waals surface area contributed by atoms with Gasteiger partial charge < -0.3 is 5.32 Å². The van der Waals surface area contributed by atoms with E-state index in [0.29, 0.717) is 16.0 Å². The largest absolute Gasteiger partial charge is 0.310 e. The van der Waals surface area contributed by atoms with Gasteiger partial charge >= 0.3 is 0 Å². The number of halogens is 1. The number of hydrogen-bond acceptors (Lipinski definition) is 4. The molecule has 0 radical (unpaired) electrons. The van der Waals surface area contributed by atoms with Gasteiger partial charge in [0.05, 0.1) is 21.8 Å². The molecule has 5 aromatic rings. The zero-order valence-electron chi connectivity index (χ0n) is 16.1. The van der Waals surface area contributed by atoms with Gasteiger partial charge in [0, 0.05) is 6.07 Å². The number of carbonyl (C=O) groups is 1. The van der Waals surface area contributed by atoms with Gasteiger partial charge in [-0.2, -0.15) is 9.78 Å². The molecule has 0 atom stereocenters. The van der Waals surface area contributed by atoms with Crippen LogP contribution in [0.15, 0.2) is 66.7 Å². The Hall–Kier alpha value is -3.22. The average Bonchev–Trinajstić information content (AvgIpc) is 3.32. The first-order chi connectivity index (χ1) is 14.6. The van der Waals surface area contributed by atoms with Gasteiger partial charge in [0.25, 0.3) is 0 Å². The van der Waals surface area contributed by atoms with E-state index >= 15 is 0 Å². The molecule has 2 heterocycles. The minimum absolute atomic E-state index is 0.106. The lowest BCUT2D eigenvalue weighted by Crippen LogP contribution is -2.17. The second kappa shape index (κ2) is 7.55. The monoisotopic (exact) mass is 432 g/mol. The summed E-state index contributed by atoms with van der Waals surface area (Å²) in [6.45, 7) is 1.88. The van der Waals surface area contributed by atoms with E-state index in [0.717, 1.165) is 32.2 Å². The Bertz CT molecular complexity index is 1410. The highest BCUT2D eigenvalue weighted by Gasteiger charge is 2.16. The summed E-state index contributed by atoms with van der Waals surface area (Å²) in [5, 5.41) is 11.0. The Morgan fingerprint density at radius 2 is 1.90 bits per heavy atom. The van der Waals surface area contributed by atoms with Crippen LogP contribution in [0.4, 0.5) is 5.82 Å². The number of thiazole rings is 1. The number of rotatable bonds is 4. The Morgan fingerprint density at radius 1 is 1.07 bits per heavy atom. The van der Waals surface area contributed by atoms with Crippen molar-refractivity contribution in [1.29, 1.82) is 0 Å². The molecule has 1 N–H and O–H groups in total. The summed E-state index contributed by atoms with van der Waals surface area (Å²) in [5.41, 5.74) is 2.49. The van der Waals surface area contributed by atoms with E-state index in [1.165, 1.54) is 11.3 Å². The molecule has 5 rings (SSSR count). The van der Waals surface area contributed by atoms with E-state index < -0.39 is 0 Å². The van der Waals surface area contributed by atoms with Gasteiger partial charge in [-0.3, -0.25) is 4.79 Å². The van der Waals surface area contributed by atoms with Gasteiger partial charge in [-0.1, -0.05) is 71.5 Å². The van der Waals surface area contributed by atoms with Crippen LogP contribution in [-0.4, -0.2) is 20.7 Å². The number of hydrogen-bond donors (Lipinski definition) is 1. The predicted molar refractivity (Wildman–Crippen MR) is 123 cm³/mol. The van der Waals surface area contributed by atoms with Crippen LogP contribution in [-0.2, 0) is 11.2 Å². The fourth-order valence-electron chi connectivity index (χ4n) is 3.45. The van der Waals surface area contributed by atoms with Gasteiger partial charge in [-0.25, -0.2) is 4.98 Å². The van der Waals surface area contributed by atoms with Crippen molar-refractivity contribution in [2.45, 2.75) is 13.3 Å². The van der Waals surface area contributed by atoms with Gasteiger partial charge in [0.2, 0.25) is 11.0 Å². The first-order valence-electron chi connectivity index (χ1n) is 9.46. The Balaban J connectivity index is 1.41. The van der Waals surface area contributed by atoms with Crippen LogP contribution < -0.4 is 5.32 Å². The van der Waals surface area contributed by atoms with Crippen molar-refractivity contribution >= 4 is 55.7 Å². The van der Waals surface area contributed by atoms with E-state index in [2.05, 4.69) is 21.5 Å². The van der Waals surface area contributed by atoms with E-state index in [4.69, 9.17) is 11.6 Å². The predicted octanol–water partition coefficient (Wildman–Crippen LogP) is 5.78. The fraction of sp³-hybridized carbons (Fsp3) is 0.0870. The molecule has 0 aliphatic carbocycles. The second-order valence-electron chi connectivity index (χ2n) is 7.07. The minimum atomic E-state index is -0.106. The first-order valence-corrected chi connectivity index (χ1v) is 10.7. The summed E-state index contributed by atoms with van der Waals surface area (Å²) < 4.78 is 2.63. The molecule has 30 heavy (non-hydrogen) atoms. The van der Waals surface area contributed by atoms with Gasteiger partial charge in [0.15, 0.2) is 0 Å². The van der Waals surface area contributed by atoms with E-state index in [9.17, 15) is 4.79 Å². The number of amides is 1. The van der Waals surface area contributed by atoms with Crippen molar-refractivity contribution in [2.75, 3.05) is 5.32 Å². The van der Waals surface area contributed by atoms with Crippen LogP contribution in [0.1, 0.15) is 11.3 Å². The van der Waals surface area contributed by atoms with Crippen LogP contribution in [0.25, 0.3) is 26.1 Å². The third-order valence-corrected chi connectivity index (χ3v) is 6.12. The fourth-order valence-corrected chi connectivity index (χ4v) is 4.68. The maximum atomic E-state index is 12.7. The van der Waals surface area contributed by atoms with Crippen molar-refractivity contribution in [3.05, 3.63) is 83.0 Å². The smallest absolute Gasteiger partial charge is 0.229 e. The highest BCUT2D eigenvalue weighted by molar-refractivity contribution is 7.20. The normalized spacial score (nSPS) is 11.3. The van der Waals surface area contributed by atoms with Crippen LogP contribution in [0.5, 0.6) is 0 Å². The summed E-state index contributed by atoms with van der Waals surface area (Å²) in [5.74, 6) is 0.485. The van der Waals surface area contributed by atoms with Crippen LogP contribution in [0.2, 0.25) is 5.02 Å².